The quantitative estimate of drug-likeness (QED) is 0.655. The summed E-state index contributed by atoms with van der Waals surface area (Å²) in [5.74, 6) is -1.11. The molecule has 7 nitrogen and oxygen atoms in total. The molecule has 0 bridgehead atoms. The first kappa shape index (κ1) is 19.1. The monoisotopic (exact) mass is 393 g/mol. The zero-order valence-electron chi connectivity index (χ0n) is 16.0. The van der Waals surface area contributed by atoms with E-state index in [4.69, 9.17) is 5.11 Å². The lowest BCUT2D eigenvalue weighted by atomic mass is 9.98. The standard InChI is InChI=1S/C22H23N3O4/c26-19(27)17-7-3-5-15(11-17)13-23-14-16-6-4-8-18(12-16)25-20(28)22(24-21(25)29)9-1-2-10-22/h3-8,11-12,23H,1-2,9-10,13-14H2,(H,24,29)(H,26,27). The molecule has 0 atom stereocenters. The van der Waals surface area contributed by atoms with Gasteiger partial charge >= 0.3 is 12.0 Å². The number of carboxylic acid groups (broad SMARTS) is 1. The van der Waals surface area contributed by atoms with E-state index in [0.29, 0.717) is 31.6 Å². The summed E-state index contributed by atoms with van der Waals surface area (Å²) < 4.78 is 0. The third-order valence-electron chi connectivity index (χ3n) is 5.62. The Hall–Kier alpha value is -3.19. The number of rotatable bonds is 6. The summed E-state index contributed by atoms with van der Waals surface area (Å²) in [6, 6.07) is 13.8. The van der Waals surface area contributed by atoms with E-state index in [2.05, 4.69) is 10.6 Å². The van der Waals surface area contributed by atoms with Crippen LogP contribution in [-0.4, -0.2) is 28.6 Å². The number of carbonyl (C=O) groups is 3. The Kier molecular flexibility index (Phi) is 5.07. The average molecular weight is 393 g/mol. The number of carboxylic acids is 1. The molecule has 150 valence electrons. The van der Waals surface area contributed by atoms with Crippen molar-refractivity contribution in [2.24, 2.45) is 0 Å². The number of imide groups is 1. The summed E-state index contributed by atoms with van der Waals surface area (Å²) in [7, 11) is 0. The fraction of sp³-hybridized carbons (Fsp3) is 0.318. The highest BCUT2D eigenvalue weighted by Gasteiger charge is 2.52. The largest absolute Gasteiger partial charge is 0.478 e. The van der Waals surface area contributed by atoms with Gasteiger partial charge in [0.25, 0.3) is 5.91 Å². The van der Waals surface area contributed by atoms with Gasteiger partial charge in [-0.15, -0.1) is 0 Å². The molecule has 2 aromatic rings. The summed E-state index contributed by atoms with van der Waals surface area (Å²) in [6.45, 7) is 1.04. The maximum atomic E-state index is 12.9. The van der Waals surface area contributed by atoms with E-state index in [9.17, 15) is 14.4 Å². The predicted octanol–water partition coefficient (Wildman–Crippen LogP) is 3.04. The van der Waals surface area contributed by atoms with Crippen molar-refractivity contribution in [1.82, 2.24) is 10.6 Å². The van der Waals surface area contributed by atoms with Gasteiger partial charge in [-0.1, -0.05) is 37.1 Å². The highest BCUT2D eigenvalue weighted by Crippen LogP contribution is 2.37. The van der Waals surface area contributed by atoms with Crippen LogP contribution in [0.1, 0.15) is 47.2 Å². The van der Waals surface area contributed by atoms with E-state index in [1.54, 1.807) is 24.3 Å². The number of aromatic carboxylic acids is 1. The van der Waals surface area contributed by atoms with Gasteiger partial charge in [0.2, 0.25) is 0 Å². The van der Waals surface area contributed by atoms with Crippen molar-refractivity contribution < 1.29 is 19.5 Å². The number of nitrogens with zero attached hydrogens (tertiary/aromatic N) is 1. The molecule has 2 aliphatic rings. The van der Waals surface area contributed by atoms with Crippen molar-refractivity contribution in [3.05, 3.63) is 65.2 Å². The van der Waals surface area contributed by atoms with Gasteiger partial charge in [-0.05, 0) is 48.2 Å². The molecule has 0 radical (unpaired) electrons. The maximum absolute atomic E-state index is 12.9. The molecule has 3 N–H and O–H groups in total. The summed E-state index contributed by atoms with van der Waals surface area (Å²) >= 11 is 0. The van der Waals surface area contributed by atoms with Crippen LogP contribution in [0.4, 0.5) is 10.5 Å². The first-order valence-corrected chi connectivity index (χ1v) is 9.77. The van der Waals surface area contributed by atoms with Gasteiger partial charge in [0.15, 0.2) is 0 Å². The van der Waals surface area contributed by atoms with Crippen molar-refractivity contribution >= 4 is 23.6 Å². The van der Waals surface area contributed by atoms with Crippen molar-refractivity contribution in [2.45, 2.75) is 44.3 Å². The van der Waals surface area contributed by atoms with E-state index >= 15 is 0 Å². The SMILES string of the molecule is O=C(O)c1cccc(CNCc2cccc(N3C(=O)NC4(CCCC4)C3=O)c2)c1. The Bertz CT molecular complexity index is 966. The zero-order valence-corrected chi connectivity index (χ0v) is 16.0. The molecule has 2 fully saturated rings. The van der Waals surface area contributed by atoms with Crippen LogP contribution >= 0.6 is 0 Å². The summed E-state index contributed by atoms with van der Waals surface area (Å²) in [6.07, 6.45) is 3.30. The van der Waals surface area contributed by atoms with Crippen molar-refractivity contribution in [1.29, 1.82) is 0 Å². The Morgan fingerprint density at radius 1 is 1.03 bits per heavy atom. The van der Waals surface area contributed by atoms with E-state index in [1.165, 1.54) is 4.90 Å². The average Bonchev–Trinajstić information content (AvgIpc) is 3.27. The molecule has 1 spiro atoms. The Labute approximate surface area is 168 Å². The van der Waals surface area contributed by atoms with Crippen LogP contribution in [-0.2, 0) is 17.9 Å². The fourth-order valence-electron chi connectivity index (χ4n) is 4.14. The maximum Gasteiger partial charge on any atom is 0.335 e. The first-order valence-electron chi connectivity index (χ1n) is 9.77. The molecule has 3 amide bonds. The van der Waals surface area contributed by atoms with Crippen molar-refractivity contribution in [2.75, 3.05) is 4.90 Å². The Balaban J connectivity index is 1.43. The minimum atomic E-state index is -0.951. The molecular formula is C22H23N3O4. The molecule has 1 heterocycles. The lowest BCUT2D eigenvalue weighted by Gasteiger charge is -2.20. The number of carbonyl (C=O) groups excluding carboxylic acids is 2. The van der Waals surface area contributed by atoms with Gasteiger partial charge in [0.1, 0.15) is 5.54 Å². The molecule has 0 aromatic heterocycles. The molecule has 1 aliphatic heterocycles. The lowest BCUT2D eigenvalue weighted by Crippen LogP contribution is -2.44. The van der Waals surface area contributed by atoms with Gasteiger partial charge in [0, 0.05) is 13.1 Å². The predicted molar refractivity (Wildman–Crippen MR) is 108 cm³/mol. The number of benzene rings is 2. The second kappa shape index (κ2) is 7.67. The third kappa shape index (κ3) is 3.73. The van der Waals surface area contributed by atoms with Gasteiger partial charge < -0.3 is 15.7 Å². The van der Waals surface area contributed by atoms with E-state index in [1.807, 2.05) is 24.3 Å². The van der Waals surface area contributed by atoms with E-state index < -0.39 is 11.5 Å². The molecule has 29 heavy (non-hydrogen) atoms. The zero-order chi connectivity index (χ0) is 20.4. The number of anilines is 1. The molecule has 0 unspecified atom stereocenters. The highest BCUT2D eigenvalue weighted by molar-refractivity contribution is 6.23. The van der Waals surface area contributed by atoms with E-state index in [-0.39, 0.29) is 17.5 Å². The summed E-state index contributed by atoms with van der Waals surface area (Å²) in [5.41, 5.74) is 1.91. The molecule has 2 aromatic carbocycles. The van der Waals surface area contributed by atoms with Crippen LogP contribution in [0.2, 0.25) is 0 Å². The molecule has 1 saturated heterocycles. The van der Waals surface area contributed by atoms with Crippen molar-refractivity contribution in [3.8, 4) is 0 Å². The van der Waals surface area contributed by atoms with Crippen LogP contribution < -0.4 is 15.5 Å². The van der Waals surface area contributed by atoms with Crippen LogP contribution in [0.3, 0.4) is 0 Å². The molecule has 7 heteroatoms. The second-order valence-electron chi connectivity index (χ2n) is 7.64. The number of urea groups is 1. The lowest BCUT2D eigenvalue weighted by molar-refractivity contribution is -0.121. The number of hydrogen-bond acceptors (Lipinski definition) is 4. The highest BCUT2D eigenvalue weighted by atomic mass is 16.4. The van der Waals surface area contributed by atoms with Crippen molar-refractivity contribution in [3.63, 3.8) is 0 Å². The molecular weight excluding hydrogens is 370 g/mol. The Morgan fingerprint density at radius 3 is 2.38 bits per heavy atom. The topological polar surface area (TPSA) is 98.7 Å². The van der Waals surface area contributed by atoms with Gasteiger partial charge in [-0.2, -0.15) is 0 Å². The number of nitrogens with one attached hydrogen (secondary N) is 2. The molecule has 1 aliphatic carbocycles. The van der Waals surface area contributed by atoms with Crippen LogP contribution in [0, 0.1) is 0 Å². The third-order valence-corrected chi connectivity index (χ3v) is 5.62. The minimum absolute atomic E-state index is 0.157. The molecule has 1 saturated carbocycles. The number of hydrogen-bond donors (Lipinski definition) is 3. The summed E-state index contributed by atoms with van der Waals surface area (Å²) in [4.78, 5) is 37.7. The van der Waals surface area contributed by atoms with E-state index in [0.717, 1.165) is 24.0 Å². The summed E-state index contributed by atoms with van der Waals surface area (Å²) in [5, 5.41) is 15.3. The molecule has 4 rings (SSSR count). The van der Waals surface area contributed by atoms with Gasteiger partial charge in [-0.3, -0.25) is 4.79 Å². The van der Waals surface area contributed by atoms with Gasteiger partial charge in [-0.25, -0.2) is 14.5 Å². The fourth-order valence-corrected chi connectivity index (χ4v) is 4.14. The second-order valence-corrected chi connectivity index (χ2v) is 7.64. The smallest absolute Gasteiger partial charge is 0.335 e. The Morgan fingerprint density at radius 2 is 1.69 bits per heavy atom. The number of amides is 3. The van der Waals surface area contributed by atoms with Gasteiger partial charge in [0.05, 0.1) is 11.3 Å². The van der Waals surface area contributed by atoms with Crippen LogP contribution in [0.5, 0.6) is 0 Å². The normalized spacial score (nSPS) is 17.7. The minimum Gasteiger partial charge on any atom is -0.478 e. The van der Waals surface area contributed by atoms with Crippen LogP contribution in [0.15, 0.2) is 48.5 Å². The van der Waals surface area contributed by atoms with Crippen LogP contribution in [0.25, 0.3) is 0 Å². The first-order chi connectivity index (χ1) is 14.0.